The summed E-state index contributed by atoms with van der Waals surface area (Å²) in [6.45, 7) is 9.34. The number of hydrogen-bond acceptors (Lipinski definition) is 7. The molecular weight excluding hydrogens is 258 g/mol. The molecule has 7 nitrogen and oxygen atoms in total. The lowest BCUT2D eigenvalue weighted by atomic mass is 10.3. The van der Waals surface area contributed by atoms with Crippen molar-refractivity contribution in [2.45, 2.75) is 26.9 Å². The Kier molecular flexibility index (Phi) is 3.79. The van der Waals surface area contributed by atoms with E-state index in [1.807, 2.05) is 19.9 Å². The van der Waals surface area contributed by atoms with Gasteiger partial charge in [-0.25, -0.2) is 0 Å². The summed E-state index contributed by atoms with van der Waals surface area (Å²) in [5.74, 6) is 2.19. The van der Waals surface area contributed by atoms with Crippen molar-refractivity contribution in [3.63, 3.8) is 0 Å². The van der Waals surface area contributed by atoms with Gasteiger partial charge in [-0.05, 0) is 6.92 Å². The van der Waals surface area contributed by atoms with E-state index in [0.29, 0.717) is 11.8 Å². The summed E-state index contributed by atoms with van der Waals surface area (Å²) < 4.78 is 10.5. The molecule has 0 atom stereocenters. The molecule has 3 rings (SSSR count). The fourth-order valence-electron chi connectivity index (χ4n) is 2.42. The van der Waals surface area contributed by atoms with Gasteiger partial charge in [0.15, 0.2) is 0 Å². The van der Waals surface area contributed by atoms with Gasteiger partial charge >= 0.3 is 0 Å². The van der Waals surface area contributed by atoms with Crippen molar-refractivity contribution in [1.82, 2.24) is 25.2 Å². The zero-order valence-electron chi connectivity index (χ0n) is 11.9. The molecule has 7 heteroatoms. The number of piperazine rings is 1. The maximum Gasteiger partial charge on any atom is 0.230 e. The predicted molar refractivity (Wildman–Crippen MR) is 70.8 cm³/mol. The van der Waals surface area contributed by atoms with Crippen LogP contribution < -0.4 is 0 Å². The van der Waals surface area contributed by atoms with Gasteiger partial charge < -0.3 is 8.94 Å². The maximum absolute atomic E-state index is 5.41. The first-order valence-corrected chi connectivity index (χ1v) is 6.85. The minimum Gasteiger partial charge on any atom is -0.424 e. The fraction of sp³-hybridized carbons (Fsp3) is 0.615. The third-order valence-electron chi connectivity index (χ3n) is 3.45. The first kappa shape index (κ1) is 13.3. The molecule has 3 heterocycles. The summed E-state index contributed by atoms with van der Waals surface area (Å²) in [7, 11) is 0. The SMILES string of the molecule is Cc1cc(CN2CCN(Cc3nnc(C)o3)CC2)no1. The molecule has 0 N–H and O–H groups in total. The predicted octanol–water partition coefficient (Wildman–Crippen LogP) is 0.992. The molecule has 0 aromatic carbocycles. The van der Waals surface area contributed by atoms with Crippen LogP contribution in [0.2, 0.25) is 0 Å². The molecule has 1 aliphatic heterocycles. The van der Waals surface area contributed by atoms with E-state index in [9.17, 15) is 0 Å². The summed E-state index contributed by atoms with van der Waals surface area (Å²) >= 11 is 0. The quantitative estimate of drug-likeness (QED) is 0.825. The third-order valence-corrected chi connectivity index (χ3v) is 3.45. The normalized spacial score (nSPS) is 17.7. The highest BCUT2D eigenvalue weighted by molar-refractivity contribution is 5.03. The van der Waals surface area contributed by atoms with Gasteiger partial charge in [0, 0.05) is 45.7 Å². The Morgan fingerprint density at radius 2 is 1.75 bits per heavy atom. The molecule has 20 heavy (non-hydrogen) atoms. The van der Waals surface area contributed by atoms with Gasteiger partial charge in [-0.1, -0.05) is 5.16 Å². The minimum atomic E-state index is 0.625. The molecule has 0 radical (unpaired) electrons. The molecule has 0 spiro atoms. The molecular formula is C13H19N5O2. The van der Waals surface area contributed by atoms with E-state index in [-0.39, 0.29) is 0 Å². The highest BCUT2D eigenvalue weighted by Gasteiger charge is 2.19. The minimum absolute atomic E-state index is 0.625. The number of aromatic nitrogens is 3. The van der Waals surface area contributed by atoms with Gasteiger partial charge in [-0.2, -0.15) is 0 Å². The van der Waals surface area contributed by atoms with Crippen LogP contribution in [0.1, 0.15) is 23.2 Å². The van der Waals surface area contributed by atoms with Gasteiger partial charge in [0.2, 0.25) is 11.8 Å². The van der Waals surface area contributed by atoms with Crippen LogP contribution in [-0.4, -0.2) is 51.3 Å². The molecule has 108 valence electrons. The second kappa shape index (κ2) is 5.72. The molecule has 2 aromatic heterocycles. The van der Waals surface area contributed by atoms with Gasteiger partial charge in [0.25, 0.3) is 0 Å². The molecule has 1 saturated heterocycles. The Bertz CT molecular complexity index is 506. The average Bonchev–Trinajstić information content (AvgIpc) is 3.01. The van der Waals surface area contributed by atoms with E-state index < -0.39 is 0 Å². The van der Waals surface area contributed by atoms with Crippen LogP contribution in [0.5, 0.6) is 0 Å². The lowest BCUT2D eigenvalue weighted by Gasteiger charge is -2.33. The molecule has 0 saturated carbocycles. The van der Waals surface area contributed by atoms with Gasteiger partial charge in [-0.15, -0.1) is 10.2 Å². The van der Waals surface area contributed by atoms with Crippen molar-refractivity contribution in [2.75, 3.05) is 26.2 Å². The second-order valence-corrected chi connectivity index (χ2v) is 5.20. The number of rotatable bonds is 4. The molecule has 2 aromatic rings. The number of aryl methyl sites for hydroxylation is 2. The number of nitrogens with zero attached hydrogens (tertiary/aromatic N) is 5. The smallest absolute Gasteiger partial charge is 0.230 e. The zero-order chi connectivity index (χ0) is 13.9. The fourth-order valence-corrected chi connectivity index (χ4v) is 2.42. The largest absolute Gasteiger partial charge is 0.424 e. The molecule has 1 aliphatic rings. The topological polar surface area (TPSA) is 71.4 Å². The van der Waals surface area contributed by atoms with Gasteiger partial charge in [0.1, 0.15) is 5.76 Å². The van der Waals surface area contributed by atoms with E-state index in [4.69, 9.17) is 8.94 Å². The summed E-state index contributed by atoms with van der Waals surface area (Å²) in [4.78, 5) is 4.71. The third kappa shape index (κ3) is 3.23. The van der Waals surface area contributed by atoms with E-state index in [2.05, 4.69) is 25.2 Å². The van der Waals surface area contributed by atoms with Crippen LogP contribution in [0.25, 0.3) is 0 Å². The van der Waals surface area contributed by atoms with Crippen LogP contribution in [0.15, 0.2) is 15.0 Å². The average molecular weight is 277 g/mol. The zero-order valence-corrected chi connectivity index (χ0v) is 11.9. The van der Waals surface area contributed by atoms with Crippen molar-refractivity contribution in [3.8, 4) is 0 Å². The van der Waals surface area contributed by atoms with Crippen molar-refractivity contribution in [1.29, 1.82) is 0 Å². The Hall–Kier alpha value is -1.73. The Morgan fingerprint density at radius 1 is 1.05 bits per heavy atom. The number of hydrogen-bond donors (Lipinski definition) is 0. The van der Waals surface area contributed by atoms with E-state index in [1.165, 1.54) is 0 Å². The monoisotopic (exact) mass is 277 g/mol. The molecule has 0 aliphatic carbocycles. The molecule has 0 unspecified atom stereocenters. The lowest BCUT2D eigenvalue weighted by Crippen LogP contribution is -2.45. The van der Waals surface area contributed by atoms with Crippen molar-refractivity contribution in [2.24, 2.45) is 0 Å². The van der Waals surface area contributed by atoms with Crippen LogP contribution in [0.4, 0.5) is 0 Å². The van der Waals surface area contributed by atoms with Crippen molar-refractivity contribution < 1.29 is 8.94 Å². The summed E-state index contributed by atoms with van der Waals surface area (Å²) in [5, 5.41) is 11.9. The second-order valence-electron chi connectivity index (χ2n) is 5.20. The molecule has 0 bridgehead atoms. The van der Waals surface area contributed by atoms with Crippen LogP contribution in [0.3, 0.4) is 0 Å². The Morgan fingerprint density at radius 3 is 2.30 bits per heavy atom. The standard InChI is InChI=1S/C13H19N5O2/c1-10-7-12(16-20-10)8-17-3-5-18(6-4-17)9-13-15-14-11(2)19-13/h7H,3-6,8-9H2,1-2H3. The highest BCUT2D eigenvalue weighted by Crippen LogP contribution is 2.11. The summed E-state index contributed by atoms with van der Waals surface area (Å²) in [6, 6.07) is 1.99. The van der Waals surface area contributed by atoms with Gasteiger partial charge in [0.05, 0.1) is 12.2 Å². The van der Waals surface area contributed by atoms with Crippen molar-refractivity contribution in [3.05, 3.63) is 29.3 Å². The van der Waals surface area contributed by atoms with Crippen LogP contribution >= 0.6 is 0 Å². The highest BCUT2D eigenvalue weighted by atomic mass is 16.5. The Labute approximate surface area is 117 Å². The van der Waals surface area contributed by atoms with E-state index in [1.54, 1.807) is 0 Å². The van der Waals surface area contributed by atoms with E-state index in [0.717, 1.165) is 50.7 Å². The Balaban J connectivity index is 1.47. The first-order chi connectivity index (χ1) is 9.69. The van der Waals surface area contributed by atoms with E-state index >= 15 is 0 Å². The first-order valence-electron chi connectivity index (χ1n) is 6.85. The van der Waals surface area contributed by atoms with Gasteiger partial charge in [-0.3, -0.25) is 9.80 Å². The van der Waals surface area contributed by atoms with Crippen LogP contribution in [-0.2, 0) is 13.1 Å². The summed E-state index contributed by atoms with van der Waals surface area (Å²) in [5.41, 5.74) is 1.00. The summed E-state index contributed by atoms with van der Waals surface area (Å²) in [6.07, 6.45) is 0. The van der Waals surface area contributed by atoms with Crippen LogP contribution in [0, 0.1) is 13.8 Å². The molecule has 0 amide bonds. The lowest BCUT2D eigenvalue weighted by molar-refractivity contribution is 0.112. The van der Waals surface area contributed by atoms with Crippen molar-refractivity contribution >= 4 is 0 Å². The molecule has 1 fully saturated rings. The maximum atomic E-state index is 5.41.